The molecule has 2 rings (SSSR count). The first-order chi connectivity index (χ1) is 12.7. The van der Waals surface area contributed by atoms with Gasteiger partial charge in [-0.2, -0.15) is 0 Å². The highest BCUT2D eigenvalue weighted by molar-refractivity contribution is 6.29. The highest BCUT2D eigenvalue weighted by Gasteiger charge is 2.01. The largest absolute Gasteiger partial charge is 0.356 e. The van der Waals surface area contributed by atoms with Gasteiger partial charge in [-0.1, -0.05) is 48.0 Å². The molecule has 0 unspecified atom stereocenters. The monoisotopic (exact) mass is 373 g/mol. The molecule has 0 saturated carbocycles. The van der Waals surface area contributed by atoms with E-state index in [1.54, 1.807) is 7.05 Å². The third kappa shape index (κ3) is 7.85. The second-order valence-corrected chi connectivity index (χ2v) is 6.63. The van der Waals surface area contributed by atoms with Crippen LogP contribution in [0.15, 0.2) is 53.7 Å². The van der Waals surface area contributed by atoms with E-state index < -0.39 is 0 Å². The summed E-state index contributed by atoms with van der Waals surface area (Å²) in [5.41, 5.74) is 2.50. The van der Waals surface area contributed by atoms with Gasteiger partial charge in [0.15, 0.2) is 5.96 Å². The number of aliphatic imine (C=N–C) groups is 1. The van der Waals surface area contributed by atoms with Crippen molar-refractivity contribution >= 4 is 17.6 Å². The number of rotatable bonds is 9. The van der Waals surface area contributed by atoms with Gasteiger partial charge in [-0.25, -0.2) is 4.98 Å². The minimum atomic E-state index is 0.524. The van der Waals surface area contributed by atoms with E-state index in [0.29, 0.717) is 5.15 Å². The van der Waals surface area contributed by atoms with E-state index in [9.17, 15) is 0 Å². The van der Waals surface area contributed by atoms with E-state index in [2.05, 4.69) is 62.9 Å². The van der Waals surface area contributed by atoms with Crippen molar-refractivity contribution < 1.29 is 0 Å². The highest BCUT2D eigenvalue weighted by atomic mass is 35.5. The Morgan fingerprint density at radius 1 is 1.08 bits per heavy atom. The van der Waals surface area contributed by atoms with Gasteiger partial charge in [-0.05, 0) is 43.6 Å². The predicted molar refractivity (Wildman–Crippen MR) is 110 cm³/mol. The molecular weight excluding hydrogens is 346 g/mol. The standard InChI is InChI=1S/C20H28ClN5/c1-22-20(24-13-11-17-9-10-19(21)25-15-17)23-12-6-14-26(2)16-18-7-4-3-5-8-18/h3-5,7-10,15H,6,11-14,16H2,1-2H3,(H2,22,23,24). The highest BCUT2D eigenvalue weighted by Crippen LogP contribution is 2.05. The van der Waals surface area contributed by atoms with Crippen molar-refractivity contribution in [3.63, 3.8) is 0 Å². The van der Waals surface area contributed by atoms with Crippen molar-refractivity contribution in [1.82, 2.24) is 20.5 Å². The molecule has 1 aromatic carbocycles. The van der Waals surface area contributed by atoms with Gasteiger partial charge >= 0.3 is 0 Å². The molecule has 0 spiro atoms. The molecule has 0 fully saturated rings. The van der Waals surface area contributed by atoms with Crippen molar-refractivity contribution in [2.75, 3.05) is 33.7 Å². The molecule has 6 heteroatoms. The average molecular weight is 374 g/mol. The normalized spacial score (nSPS) is 11.6. The van der Waals surface area contributed by atoms with Crippen molar-refractivity contribution in [2.24, 2.45) is 4.99 Å². The van der Waals surface area contributed by atoms with Crippen LogP contribution in [0.25, 0.3) is 0 Å². The fraction of sp³-hybridized carbons (Fsp3) is 0.400. The molecule has 5 nitrogen and oxygen atoms in total. The van der Waals surface area contributed by atoms with Crippen LogP contribution in [-0.2, 0) is 13.0 Å². The number of nitrogens with one attached hydrogen (secondary N) is 2. The van der Waals surface area contributed by atoms with Gasteiger partial charge in [0.25, 0.3) is 0 Å². The Bertz CT molecular complexity index is 658. The Kier molecular flexibility index (Phi) is 8.93. The van der Waals surface area contributed by atoms with Crippen LogP contribution >= 0.6 is 11.6 Å². The topological polar surface area (TPSA) is 52.6 Å². The molecule has 0 aliphatic heterocycles. The molecule has 0 atom stereocenters. The lowest BCUT2D eigenvalue weighted by Crippen LogP contribution is -2.39. The van der Waals surface area contributed by atoms with Crippen LogP contribution in [0.1, 0.15) is 17.5 Å². The van der Waals surface area contributed by atoms with Crippen LogP contribution in [0.3, 0.4) is 0 Å². The SMILES string of the molecule is CN=C(NCCCN(C)Cc1ccccc1)NCCc1ccc(Cl)nc1. The molecule has 2 N–H and O–H groups in total. The number of benzene rings is 1. The summed E-state index contributed by atoms with van der Waals surface area (Å²) >= 11 is 5.80. The molecule has 0 radical (unpaired) electrons. The number of hydrogen-bond donors (Lipinski definition) is 2. The quantitative estimate of drug-likeness (QED) is 0.307. The van der Waals surface area contributed by atoms with Crippen LogP contribution in [0.2, 0.25) is 5.15 Å². The molecule has 0 bridgehead atoms. The number of hydrogen-bond acceptors (Lipinski definition) is 3. The van der Waals surface area contributed by atoms with E-state index in [0.717, 1.165) is 50.5 Å². The summed E-state index contributed by atoms with van der Waals surface area (Å²) < 4.78 is 0. The molecule has 140 valence electrons. The summed E-state index contributed by atoms with van der Waals surface area (Å²) in [6.45, 7) is 3.70. The molecule has 0 amide bonds. The van der Waals surface area contributed by atoms with Gasteiger partial charge < -0.3 is 15.5 Å². The van der Waals surface area contributed by atoms with Gasteiger partial charge in [-0.15, -0.1) is 0 Å². The van der Waals surface area contributed by atoms with E-state index in [1.165, 1.54) is 5.56 Å². The van der Waals surface area contributed by atoms with Crippen LogP contribution in [0.4, 0.5) is 0 Å². The summed E-state index contributed by atoms with van der Waals surface area (Å²) in [5, 5.41) is 7.21. The summed E-state index contributed by atoms with van der Waals surface area (Å²) in [4.78, 5) is 10.7. The van der Waals surface area contributed by atoms with E-state index in [-0.39, 0.29) is 0 Å². The Morgan fingerprint density at radius 2 is 1.85 bits per heavy atom. The van der Waals surface area contributed by atoms with E-state index in [4.69, 9.17) is 11.6 Å². The van der Waals surface area contributed by atoms with E-state index >= 15 is 0 Å². The van der Waals surface area contributed by atoms with Crippen molar-refractivity contribution in [3.05, 3.63) is 64.9 Å². The van der Waals surface area contributed by atoms with Gasteiger partial charge in [0.1, 0.15) is 5.15 Å². The number of pyridine rings is 1. The second kappa shape index (κ2) is 11.5. The Morgan fingerprint density at radius 3 is 2.54 bits per heavy atom. The lowest BCUT2D eigenvalue weighted by Gasteiger charge is -2.17. The summed E-state index contributed by atoms with van der Waals surface area (Å²) in [6, 6.07) is 14.4. The van der Waals surface area contributed by atoms with Gasteiger partial charge in [0.05, 0.1) is 0 Å². The molecule has 0 aliphatic rings. The Labute approximate surface area is 161 Å². The number of nitrogens with zero attached hydrogens (tertiary/aromatic N) is 3. The van der Waals surface area contributed by atoms with Crippen LogP contribution < -0.4 is 10.6 Å². The first kappa shape index (κ1) is 20.2. The molecular formula is C20H28ClN5. The molecule has 1 heterocycles. The predicted octanol–water partition coefficient (Wildman–Crippen LogP) is 2.96. The van der Waals surface area contributed by atoms with Gasteiger partial charge in [0, 0.05) is 32.9 Å². The molecule has 2 aromatic rings. The van der Waals surface area contributed by atoms with Gasteiger partial charge in [0.2, 0.25) is 0 Å². The fourth-order valence-corrected chi connectivity index (χ4v) is 2.74. The van der Waals surface area contributed by atoms with Crippen LogP contribution in [0.5, 0.6) is 0 Å². The van der Waals surface area contributed by atoms with Crippen LogP contribution in [-0.4, -0.2) is 49.6 Å². The molecule has 0 aliphatic carbocycles. The number of halogens is 1. The Hall–Kier alpha value is -2.11. The maximum Gasteiger partial charge on any atom is 0.190 e. The fourth-order valence-electron chi connectivity index (χ4n) is 2.63. The minimum Gasteiger partial charge on any atom is -0.356 e. The van der Waals surface area contributed by atoms with E-state index in [1.807, 2.05) is 18.3 Å². The minimum absolute atomic E-state index is 0.524. The Balaban J connectivity index is 1.59. The third-order valence-corrected chi connectivity index (χ3v) is 4.25. The molecule has 1 aromatic heterocycles. The van der Waals surface area contributed by atoms with Crippen LogP contribution in [0, 0.1) is 0 Å². The summed E-state index contributed by atoms with van der Waals surface area (Å²) in [5.74, 6) is 0.831. The average Bonchev–Trinajstić information content (AvgIpc) is 2.66. The molecule has 0 saturated heterocycles. The number of aromatic nitrogens is 1. The lowest BCUT2D eigenvalue weighted by atomic mass is 10.2. The zero-order valence-electron chi connectivity index (χ0n) is 15.6. The lowest BCUT2D eigenvalue weighted by molar-refractivity contribution is 0.322. The zero-order valence-corrected chi connectivity index (χ0v) is 16.3. The molecule has 26 heavy (non-hydrogen) atoms. The second-order valence-electron chi connectivity index (χ2n) is 6.24. The first-order valence-corrected chi connectivity index (χ1v) is 9.32. The summed E-state index contributed by atoms with van der Waals surface area (Å²) in [7, 11) is 3.95. The zero-order chi connectivity index (χ0) is 18.6. The first-order valence-electron chi connectivity index (χ1n) is 8.95. The number of guanidine groups is 1. The van der Waals surface area contributed by atoms with Crippen molar-refractivity contribution in [1.29, 1.82) is 0 Å². The maximum atomic E-state index is 5.80. The van der Waals surface area contributed by atoms with Crippen molar-refractivity contribution in [3.8, 4) is 0 Å². The smallest absolute Gasteiger partial charge is 0.190 e. The third-order valence-electron chi connectivity index (χ3n) is 4.02. The van der Waals surface area contributed by atoms with Gasteiger partial charge in [-0.3, -0.25) is 4.99 Å². The summed E-state index contributed by atoms with van der Waals surface area (Å²) in [6.07, 6.45) is 3.75. The van der Waals surface area contributed by atoms with Crippen molar-refractivity contribution in [2.45, 2.75) is 19.4 Å². The maximum absolute atomic E-state index is 5.80.